The van der Waals surface area contributed by atoms with Gasteiger partial charge < -0.3 is 4.74 Å². The molecular formula is C18H15NO2S. The van der Waals surface area contributed by atoms with E-state index >= 15 is 0 Å². The Morgan fingerprint density at radius 1 is 1.09 bits per heavy atom. The first-order valence-electron chi connectivity index (χ1n) is 6.94. The molecule has 0 aliphatic carbocycles. The third-order valence-corrected chi connectivity index (χ3v) is 3.98. The van der Waals surface area contributed by atoms with Gasteiger partial charge in [-0.15, -0.1) is 11.8 Å². The Labute approximate surface area is 133 Å². The van der Waals surface area contributed by atoms with E-state index in [4.69, 9.17) is 4.74 Å². The van der Waals surface area contributed by atoms with Crippen molar-refractivity contribution in [3.8, 4) is 5.88 Å². The zero-order chi connectivity index (χ0) is 15.4. The topological polar surface area (TPSA) is 39.2 Å². The highest BCUT2D eigenvalue weighted by Gasteiger charge is 2.10. The van der Waals surface area contributed by atoms with Crippen LogP contribution in [0.1, 0.15) is 5.56 Å². The fourth-order valence-electron chi connectivity index (χ4n) is 2.27. The normalized spacial score (nSPS) is 10.6. The molecule has 4 heteroatoms. The number of rotatable bonds is 4. The van der Waals surface area contributed by atoms with Crippen LogP contribution in [0.4, 0.5) is 0 Å². The van der Waals surface area contributed by atoms with Crippen LogP contribution < -0.4 is 4.74 Å². The third kappa shape index (κ3) is 3.28. The van der Waals surface area contributed by atoms with Gasteiger partial charge in [-0.2, -0.15) is 0 Å². The molecule has 3 rings (SSSR count). The summed E-state index contributed by atoms with van der Waals surface area (Å²) in [6, 6.07) is 19.3. The largest absolute Gasteiger partial charge is 0.407 e. The Bertz CT molecular complexity index is 803. The van der Waals surface area contributed by atoms with Crippen molar-refractivity contribution in [2.75, 3.05) is 6.26 Å². The van der Waals surface area contributed by atoms with E-state index in [9.17, 15) is 4.79 Å². The number of ether oxygens (including phenoxy) is 1. The highest BCUT2D eigenvalue weighted by atomic mass is 32.2. The number of carbonyl (C=O) groups excluding carboxylic acids is 1. The van der Waals surface area contributed by atoms with Crippen molar-refractivity contribution in [1.82, 2.24) is 4.98 Å². The van der Waals surface area contributed by atoms with Gasteiger partial charge >= 0.3 is 5.97 Å². The van der Waals surface area contributed by atoms with E-state index in [0.29, 0.717) is 5.88 Å². The molecule has 0 atom stereocenters. The summed E-state index contributed by atoms with van der Waals surface area (Å²) in [5, 5.41) is 2.95. The predicted molar refractivity (Wildman–Crippen MR) is 89.3 cm³/mol. The molecule has 0 spiro atoms. The minimum atomic E-state index is -0.305. The summed E-state index contributed by atoms with van der Waals surface area (Å²) in [4.78, 5) is 16.5. The van der Waals surface area contributed by atoms with Crippen molar-refractivity contribution >= 4 is 28.5 Å². The van der Waals surface area contributed by atoms with Gasteiger partial charge in [0.15, 0.2) is 0 Å². The number of carbonyl (C=O) groups is 1. The van der Waals surface area contributed by atoms with Crippen molar-refractivity contribution in [2.45, 2.75) is 11.4 Å². The monoisotopic (exact) mass is 309 g/mol. The number of hydrogen-bond donors (Lipinski definition) is 0. The number of aromatic nitrogens is 1. The van der Waals surface area contributed by atoms with Crippen LogP contribution in [0.2, 0.25) is 0 Å². The Hall–Kier alpha value is -2.33. The fraction of sp³-hybridized carbons (Fsp3) is 0.111. The number of esters is 1. The van der Waals surface area contributed by atoms with E-state index in [1.165, 1.54) is 0 Å². The molecule has 1 heterocycles. The molecule has 0 fully saturated rings. The van der Waals surface area contributed by atoms with E-state index < -0.39 is 0 Å². The zero-order valence-corrected chi connectivity index (χ0v) is 13.0. The molecule has 0 aliphatic heterocycles. The highest BCUT2D eigenvalue weighted by molar-refractivity contribution is 7.98. The molecule has 3 nitrogen and oxygen atoms in total. The van der Waals surface area contributed by atoms with Crippen molar-refractivity contribution < 1.29 is 9.53 Å². The molecule has 110 valence electrons. The number of pyridine rings is 1. The molecule has 3 aromatic rings. The average molecular weight is 309 g/mol. The van der Waals surface area contributed by atoms with Crippen molar-refractivity contribution in [3.05, 3.63) is 66.2 Å². The summed E-state index contributed by atoms with van der Waals surface area (Å²) in [5.74, 6) is 0.0463. The average Bonchev–Trinajstić information content (AvgIpc) is 2.55. The third-order valence-electron chi connectivity index (χ3n) is 3.28. The number of thioether (sulfide) groups is 1. The van der Waals surface area contributed by atoms with Gasteiger partial charge in [0, 0.05) is 11.5 Å². The number of fused-ring (bicyclic) bond motifs is 1. The lowest BCUT2D eigenvalue weighted by molar-refractivity contribution is -0.133. The van der Waals surface area contributed by atoms with E-state index in [-0.39, 0.29) is 12.4 Å². The zero-order valence-electron chi connectivity index (χ0n) is 12.2. The van der Waals surface area contributed by atoms with Gasteiger partial charge in [0.1, 0.15) is 5.03 Å². The maximum atomic E-state index is 12.0. The van der Waals surface area contributed by atoms with Crippen molar-refractivity contribution in [2.24, 2.45) is 0 Å². The second-order valence-corrected chi connectivity index (χ2v) is 5.62. The molecule has 0 bridgehead atoms. The summed E-state index contributed by atoms with van der Waals surface area (Å²) in [5.41, 5.74) is 0.929. The van der Waals surface area contributed by atoms with Crippen molar-refractivity contribution in [3.63, 3.8) is 0 Å². The first-order chi connectivity index (χ1) is 10.8. The van der Waals surface area contributed by atoms with Gasteiger partial charge in [-0.25, -0.2) is 4.98 Å². The number of benzene rings is 2. The van der Waals surface area contributed by atoms with Crippen molar-refractivity contribution in [1.29, 1.82) is 0 Å². The molecule has 0 aliphatic rings. The van der Waals surface area contributed by atoms with Crippen LogP contribution in [0.5, 0.6) is 5.88 Å². The van der Waals surface area contributed by atoms with Gasteiger partial charge in [-0.05, 0) is 17.2 Å². The van der Waals surface area contributed by atoms with E-state index in [2.05, 4.69) is 4.98 Å². The summed E-state index contributed by atoms with van der Waals surface area (Å²) < 4.78 is 5.41. The van der Waals surface area contributed by atoms with Gasteiger partial charge in [0.2, 0.25) is 5.88 Å². The summed E-state index contributed by atoms with van der Waals surface area (Å²) >= 11 is 1.54. The second kappa shape index (κ2) is 6.62. The van der Waals surface area contributed by atoms with Gasteiger partial charge in [0.25, 0.3) is 0 Å². The quantitative estimate of drug-likeness (QED) is 0.537. The Balaban J connectivity index is 1.83. The van der Waals surface area contributed by atoms with Crippen LogP contribution in [0.25, 0.3) is 10.8 Å². The predicted octanol–water partition coefficient (Wildman–Crippen LogP) is 4.10. The lowest BCUT2D eigenvalue weighted by atomic mass is 10.1. The molecule has 0 radical (unpaired) electrons. The van der Waals surface area contributed by atoms with Gasteiger partial charge in [0.05, 0.1) is 6.42 Å². The lowest BCUT2D eigenvalue weighted by Crippen LogP contribution is -2.12. The van der Waals surface area contributed by atoms with Gasteiger partial charge in [-0.1, -0.05) is 54.6 Å². The van der Waals surface area contributed by atoms with Crippen LogP contribution in [-0.4, -0.2) is 17.2 Å². The summed E-state index contributed by atoms with van der Waals surface area (Å²) in [6.07, 6.45) is 2.20. The summed E-state index contributed by atoms with van der Waals surface area (Å²) in [6.45, 7) is 0. The maximum Gasteiger partial charge on any atom is 0.316 e. The minimum Gasteiger partial charge on any atom is -0.407 e. The van der Waals surface area contributed by atoms with Crippen LogP contribution >= 0.6 is 11.8 Å². The summed E-state index contributed by atoms with van der Waals surface area (Å²) in [7, 11) is 0. The smallest absolute Gasteiger partial charge is 0.316 e. The van der Waals surface area contributed by atoms with Crippen LogP contribution in [-0.2, 0) is 11.2 Å². The molecular weight excluding hydrogens is 294 g/mol. The van der Waals surface area contributed by atoms with Gasteiger partial charge in [-0.3, -0.25) is 4.79 Å². The molecule has 2 aromatic carbocycles. The molecule has 0 saturated carbocycles. The van der Waals surface area contributed by atoms with Crippen LogP contribution in [0.3, 0.4) is 0 Å². The number of hydrogen-bond acceptors (Lipinski definition) is 4. The highest BCUT2D eigenvalue weighted by Crippen LogP contribution is 2.28. The maximum absolute atomic E-state index is 12.0. The second-order valence-electron chi connectivity index (χ2n) is 4.83. The molecule has 0 N–H and O–H groups in total. The Kier molecular flexibility index (Phi) is 4.39. The standard InChI is InChI=1S/C18H15NO2S/c1-22-18-15-10-6-5-9-14(15)12-16(19-18)21-17(20)11-13-7-3-2-4-8-13/h2-10,12H,11H2,1H3. The van der Waals surface area contributed by atoms with E-state index in [1.54, 1.807) is 17.8 Å². The first kappa shape index (κ1) is 14.6. The lowest BCUT2D eigenvalue weighted by Gasteiger charge is -2.08. The Morgan fingerprint density at radius 2 is 1.82 bits per heavy atom. The van der Waals surface area contributed by atoms with Crippen LogP contribution in [0.15, 0.2) is 65.7 Å². The molecule has 0 saturated heterocycles. The SMILES string of the molecule is CSc1nc(OC(=O)Cc2ccccc2)cc2ccccc12. The molecule has 1 aromatic heterocycles. The van der Waals surface area contributed by atoms with Crippen LogP contribution in [0, 0.1) is 0 Å². The number of nitrogens with zero attached hydrogens (tertiary/aromatic N) is 1. The molecule has 22 heavy (non-hydrogen) atoms. The molecule has 0 unspecified atom stereocenters. The Morgan fingerprint density at radius 3 is 2.59 bits per heavy atom. The first-order valence-corrected chi connectivity index (χ1v) is 8.17. The molecule has 0 amide bonds. The van der Waals surface area contributed by atoms with E-state index in [0.717, 1.165) is 21.4 Å². The van der Waals surface area contributed by atoms with E-state index in [1.807, 2.05) is 60.9 Å². The fourth-order valence-corrected chi connectivity index (χ4v) is 2.85. The minimum absolute atomic E-state index is 0.240.